The highest BCUT2D eigenvalue weighted by atomic mass is 16.5. The first-order valence-corrected chi connectivity index (χ1v) is 6.57. The van der Waals surface area contributed by atoms with Crippen molar-refractivity contribution in [2.45, 2.75) is 32.6 Å². The van der Waals surface area contributed by atoms with Crippen molar-refractivity contribution in [3.8, 4) is 0 Å². The Morgan fingerprint density at radius 2 is 2.15 bits per heavy atom. The quantitative estimate of drug-likeness (QED) is 0.752. The van der Waals surface area contributed by atoms with Gasteiger partial charge < -0.3 is 15.0 Å². The highest BCUT2D eigenvalue weighted by Gasteiger charge is 2.28. The molecule has 7 heteroatoms. The molecule has 0 bridgehead atoms. The summed E-state index contributed by atoms with van der Waals surface area (Å²) in [7, 11) is 0. The van der Waals surface area contributed by atoms with E-state index in [1.165, 1.54) is 0 Å². The molecule has 1 heterocycles. The van der Waals surface area contributed by atoms with E-state index in [1.54, 1.807) is 13.8 Å². The number of ether oxygens (including phenoxy) is 1. The lowest BCUT2D eigenvalue weighted by atomic mass is 10.2. The predicted molar refractivity (Wildman–Crippen MR) is 70.5 cm³/mol. The molecular weight excluding hydrogens is 262 g/mol. The van der Waals surface area contributed by atoms with Crippen LogP contribution < -0.4 is 10.9 Å². The zero-order valence-electron chi connectivity index (χ0n) is 11.5. The molecule has 7 nitrogen and oxygen atoms in total. The molecule has 1 aromatic heterocycles. The van der Waals surface area contributed by atoms with Gasteiger partial charge >= 0.3 is 5.97 Å². The summed E-state index contributed by atoms with van der Waals surface area (Å²) < 4.78 is 4.69. The molecule has 2 N–H and O–H groups in total. The number of hydrogen-bond donors (Lipinski definition) is 2. The molecule has 0 aromatic carbocycles. The standard InChI is InChI=1S/C13H17N3O4/c1-3-20-9(17)6-14-12(18)10-7(2)15-11(8-4-5-8)16-13(10)19/h8H,3-6H2,1-2H3,(H,14,18)(H,15,16,19). The van der Waals surface area contributed by atoms with Crippen LogP contribution in [-0.4, -0.2) is 35.0 Å². The first kappa shape index (κ1) is 14.2. The second-order valence-corrected chi connectivity index (χ2v) is 4.67. The second kappa shape index (κ2) is 5.85. The highest BCUT2D eigenvalue weighted by Crippen LogP contribution is 2.37. The zero-order valence-corrected chi connectivity index (χ0v) is 11.5. The second-order valence-electron chi connectivity index (χ2n) is 4.67. The van der Waals surface area contributed by atoms with E-state index in [-0.39, 0.29) is 18.7 Å². The number of H-pyrrole nitrogens is 1. The van der Waals surface area contributed by atoms with Crippen molar-refractivity contribution in [3.05, 3.63) is 27.4 Å². The summed E-state index contributed by atoms with van der Waals surface area (Å²) in [5.74, 6) is -0.225. The Bertz CT molecular complexity index is 590. The number of nitrogens with zero attached hydrogens (tertiary/aromatic N) is 1. The smallest absolute Gasteiger partial charge is 0.325 e. The Morgan fingerprint density at radius 1 is 1.45 bits per heavy atom. The maximum atomic E-state index is 11.9. The van der Waals surface area contributed by atoms with Gasteiger partial charge in [0.1, 0.15) is 17.9 Å². The Morgan fingerprint density at radius 3 is 2.70 bits per heavy atom. The minimum absolute atomic E-state index is 0.0568. The van der Waals surface area contributed by atoms with E-state index in [0.29, 0.717) is 17.4 Å². The number of aromatic amines is 1. The van der Waals surface area contributed by atoms with Crippen LogP contribution in [-0.2, 0) is 9.53 Å². The van der Waals surface area contributed by atoms with Crippen LogP contribution in [0.3, 0.4) is 0 Å². The number of aryl methyl sites for hydroxylation is 1. The Hall–Kier alpha value is -2.18. The Balaban J connectivity index is 2.09. The fourth-order valence-electron chi connectivity index (χ4n) is 1.88. The van der Waals surface area contributed by atoms with Crippen molar-refractivity contribution in [2.24, 2.45) is 0 Å². The summed E-state index contributed by atoms with van der Waals surface area (Å²) in [4.78, 5) is 41.9. The van der Waals surface area contributed by atoms with Gasteiger partial charge in [0, 0.05) is 5.92 Å². The van der Waals surface area contributed by atoms with Gasteiger partial charge in [-0.3, -0.25) is 14.4 Å². The maximum absolute atomic E-state index is 11.9. The summed E-state index contributed by atoms with van der Waals surface area (Å²) in [6.07, 6.45) is 2.02. The monoisotopic (exact) mass is 279 g/mol. The van der Waals surface area contributed by atoms with Crippen molar-refractivity contribution in [1.82, 2.24) is 15.3 Å². The first-order valence-electron chi connectivity index (χ1n) is 6.57. The molecule has 0 radical (unpaired) electrons. The van der Waals surface area contributed by atoms with Gasteiger partial charge in [0.2, 0.25) is 0 Å². The van der Waals surface area contributed by atoms with Crippen LogP contribution in [0.2, 0.25) is 0 Å². The van der Waals surface area contributed by atoms with Gasteiger partial charge in [-0.05, 0) is 26.7 Å². The van der Waals surface area contributed by atoms with Crippen molar-refractivity contribution >= 4 is 11.9 Å². The molecule has 0 spiro atoms. The van der Waals surface area contributed by atoms with E-state index in [1.807, 2.05) is 0 Å². The third-order valence-corrected chi connectivity index (χ3v) is 3.01. The fraction of sp³-hybridized carbons (Fsp3) is 0.538. The SMILES string of the molecule is CCOC(=O)CNC(=O)c1c(C)nc(C2CC2)[nH]c1=O. The topological polar surface area (TPSA) is 101 Å². The van der Waals surface area contributed by atoms with Gasteiger partial charge in [0.25, 0.3) is 11.5 Å². The number of hydrogen-bond acceptors (Lipinski definition) is 5. The lowest BCUT2D eigenvalue weighted by Crippen LogP contribution is -2.35. The average molecular weight is 279 g/mol. The Labute approximate surface area is 115 Å². The minimum atomic E-state index is -0.619. The lowest BCUT2D eigenvalue weighted by molar-refractivity contribution is -0.141. The fourth-order valence-corrected chi connectivity index (χ4v) is 1.88. The van der Waals surface area contributed by atoms with E-state index >= 15 is 0 Å². The number of esters is 1. The summed E-state index contributed by atoms with van der Waals surface area (Å²) in [6, 6.07) is 0. The van der Waals surface area contributed by atoms with E-state index in [4.69, 9.17) is 4.74 Å². The van der Waals surface area contributed by atoms with Crippen molar-refractivity contribution in [1.29, 1.82) is 0 Å². The molecular formula is C13H17N3O4. The largest absolute Gasteiger partial charge is 0.465 e. The average Bonchev–Trinajstić information content (AvgIpc) is 3.20. The molecule has 1 aromatic rings. The third-order valence-electron chi connectivity index (χ3n) is 3.01. The van der Waals surface area contributed by atoms with Crippen LogP contribution in [0, 0.1) is 6.92 Å². The molecule has 0 atom stereocenters. The van der Waals surface area contributed by atoms with Crippen LogP contribution in [0.1, 0.15) is 47.6 Å². The summed E-state index contributed by atoms with van der Waals surface area (Å²) in [5.41, 5.74) is -0.156. The number of carbonyl (C=O) groups excluding carboxylic acids is 2. The molecule has 0 aliphatic heterocycles. The van der Waals surface area contributed by atoms with Crippen molar-refractivity contribution in [2.75, 3.05) is 13.2 Å². The van der Waals surface area contributed by atoms with Crippen LogP contribution in [0.5, 0.6) is 0 Å². The minimum Gasteiger partial charge on any atom is -0.465 e. The highest BCUT2D eigenvalue weighted by molar-refractivity contribution is 5.96. The van der Waals surface area contributed by atoms with Gasteiger partial charge in [0.05, 0.1) is 12.3 Å². The van der Waals surface area contributed by atoms with Crippen LogP contribution in [0.25, 0.3) is 0 Å². The number of rotatable bonds is 5. The molecule has 1 aliphatic rings. The van der Waals surface area contributed by atoms with Gasteiger partial charge in [-0.25, -0.2) is 4.98 Å². The van der Waals surface area contributed by atoms with Gasteiger partial charge in [-0.1, -0.05) is 0 Å². The maximum Gasteiger partial charge on any atom is 0.325 e. The first-order chi connectivity index (χ1) is 9.52. The molecule has 1 amide bonds. The summed E-state index contributed by atoms with van der Waals surface area (Å²) in [5, 5.41) is 2.36. The molecule has 20 heavy (non-hydrogen) atoms. The third kappa shape index (κ3) is 3.23. The van der Waals surface area contributed by atoms with Crippen molar-refractivity contribution in [3.63, 3.8) is 0 Å². The van der Waals surface area contributed by atoms with E-state index in [0.717, 1.165) is 12.8 Å². The van der Waals surface area contributed by atoms with Gasteiger partial charge in [-0.2, -0.15) is 0 Å². The Kier molecular flexibility index (Phi) is 4.16. The van der Waals surface area contributed by atoms with Crippen LogP contribution in [0.4, 0.5) is 0 Å². The molecule has 1 aliphatic carbocycles. The van der Waals surface area contributed by atoms with Crippen molar-refractivity contribution < 1.29 is 14.3 Å². The van der Waals surface area contributed by atoms with Gasteiger partial charge in [-0.15, -0.1) is 0 Å². The molecule has 1 saturated carbocycles. The summed E-state index contributed by atoms with van der Waals surface area (Å²) >= 11 is 0. The van der Waals surface area contributed by atoms with E-state index in [2.05, 4.69) is 15.3 Å². The van der Waals surface area contributed by atoms with E-state index < -0.39 is 17.4 Å². The number of amides is 1. The molecule has 2 rings (SSSR count). The van der Waals surface area contributed by atoms with Crippen LogP contribution >= 0.6 is 0 Å². The van der Waals surface area contributed by atoms with E-state index in [9.17, 15) is 14.4 Å². The normalized spacial score (nSPS) is 13.9. The molecule has 0 unspecified atom stereocenters. The number of carbonyl (C=O) groups is 2. The van der Waals surface area contributed by atoms with Gasteiger partial charge in [0.15, 0.2) is 0 Å². The molecule has 0 saturated heterocycles. The number of nitrogens with one attached hydrogen (secondary N) is 2. The summed E-state index contributed by atoms with van der Waals surface area (Å²) in [6.45, 7) is 3.26. The molecule has 108 valence electrons. The zero-order chi connectivity index (χ0) is 14.7. The number of aromatic nitrogens is 2. The van der Waals surface area contributed by atoms with Crippen LogP contribution in [0.15, 0.2) is 4.79 Å². The predicted octanol–water partition coefficient (Wildman–Crippen LogP) is 0.249. The molecule has 1 fully saturated rings. The lowest BCUT2D eigenvalue weighted by Gasteiger charge is -2.07.